The van der Waals surface area contributed by atoms with E-state index in [0.29, 0.717) is 13.0 Å². The number of hydrogen-bond acceptors (Lipinski definition) is 4. The number of amides is 1. The second-order valence-electron chi connectivity index (χ2n) is 3.17. The molecule has 0 aliphatic heterocycles. The van der Waals surface area contributed by atoms with Crippen molar-refractivity contribution in [2.45, 2.75) is 13.3 Å². The zero-order chi connectivity index (χ0) is 12.0. The summed E-state index contributed by atoms with van der Waals surface area (Å²) in [6.45, 7) is 2.24. The molecule has 16 heavy (non-hydrogen) atoms. The second kappa shape index (κ2) is 5.89. The monoisotopic (exact) mass is 225 g/mol. The standard InChI is InChI=1S/C10H15N3O3/c1-3-16-10(15)9(14)11-6-4-8-5-7-12-13(8)2/h5,7H,3-4,6H2,1-2H3,(H,11,14). The van der Waals surface area contributed by atoms with Crippen molar-refractivity contribution in [3.8, 4) is 0 Å². The van der Waals surface area contributed by atoms with Gasteiger partial charge in [-0.25, -0.2) is 4.79 Å². The Balaban J connectivity index is 2.28. The first-order chi connectivity index (χ1) is 7.65. The number of carbonyl (C=O) groups excluding carboxylic acids is 2. The van der Waals surface area contributed by atoms with Gasteiger partial charge < -0.3 is 10.1 Å². The molecule has 0 atom stereocenters. The van der Waals surface area contributed by atoms with Crippen LogP contribution in [0.15, 0.2) is 12.3 Å². The van der Waals surface area contributed by atoms with Crippen molar-refractivity contribution >= 4 is 11.9 Å². The Bertz CT molecular complexity index is 373. The lowest BCUT2D eigenvalue weighted by molar-refractivity contribution is -0.154. The van der Waals surface area contributed by atoms with E-state index in [4.69, 9.17) is 0 Å². The number of rotatable bonds is 4. The number of hydrogen-bond donors (Lipinski definition) is 1. The highest BCUT2D eigenvalue weighted by Crippen LogP contribution is 1.95. The molecule has 1 heterocycles. The van der Waals surface area contributed by atoms with Crippen LogP contribution >= 0.6 is 0 Å². The summed E-state index contributed by atoms with van der Waals surface area (Å²) in [5.74, 6) is -1.54. The lowest BCUT2D eigenvalue weighted by Crippen LogP contribution is -2.34. The van der Waals surface area contributed by atoms with E-state index in [0.717, 1.165) is 5.69 Å². The third-order valence-electron chi connectivity index (χ3n) is 2.05. The summed E-state index contributed by atoms with van der Waals surface area (Å²) in [6.07, 6.45) is 2.31. The van der Waals surface area contributed by atoms with Crippen LogP contribution in [0.5, 0.6) is 0 Å². The van der Waals surface area contributed by atoms with Crippen LogP contribution in [0.2, 0.25) is 0 Å². The van der Waals surface area contributed by atoms with Gasteiger partial charge >= 0.3 is 11.9 Å². The number of ether oxygens (including phenoxy) is 1. The Labute approximate surface area is 93.6 Å². The van der Waals surface area contributed by atoms with E-state index in [9.17, 15) is 9.59 Å². The molecule has 1 N–H and O–H groups in total. The molecule has 0 unspecified atom stereocenters. The molecule has 0 saturated heterocycles. The molecule has 6 nitrogen and oxygen atoms in total. The van der Waals surface area contributed by atoms with Gasteiger partial charge in [0.15, 0.2) is 0 Å². The van der Waals surface area contributed by atoms with Crippen molar-refractivity contribution < 1.29 is 14.3 Å². The quantitative estimate of drug-likeness (QED) is 0.561. The zero-order valence-electron chi connectivity index (χ0n) is 9.40. The first kappa shape index (κ1) is 12.2. The molecule has 1 amide bonds. The Morgan fingerprint density at radius 2 is 2.31 bits per heavy atom. The van der Waals surface area contributed by atoms with E-state index in [-0.39, 0.29) is 6.61 Å². The van der Waals surface area contributed by atoms with Gasteiger partial charge in [0.05, 0.1) is 6.61 Å². The highest BCUT2D eigenvalue weighted by Gasteiger charge is 2.13. The molecule has 0 aromatic carbocycles. The number of carbonyl (C=O) groups is 2. The molecule has 6 heteroatoms. The molecule has 0 aliphatic rings. The molecule has 1 rings (SSSR count). The fraction of sp³-hybridized carbons (Fsp3) is 0.500. The molecule has 0 aliphatic carbocycles. The minimum atomic E-state index is -0.840. The summed E-state index contributed by atoms with van der Waals surface area (Å²) in [6, 6.07) is 1.86. The lowest BCUT2D eigenvalue weighted by Gasteiger charge is -2.04. The van der Waals surface area contributed by atoms with Crippen LogP contribution in [0.3, 0.4) is 0 Å². The normalized spacial score (nSPS) is 9.88. The summed E-state index contributed by atoms with van der Waals surface area (Å²) in [5, 5.41) is 6.47. The zero-order valence-corrected chi connectivity index (χ0v) is 9.40. The maximum Gasteiger partial charge on any atom is 0.396 e. The summed E-state index contributed by atoms with van der Waals surface area (Å²) in [4.78, 5) is 22.1. The van der Waals surface area contributed by atoms with Crippen molar-refractivity contribution in [2.75, 3.05) is 13.2 Å². The molecule has 0 radical (unpaired) electrons. The summed E-state index contributed by atoms with van der Waals surface area (Å²) in [5.41, 5.74) is 0.990. The van der Waals surface area contributed by atoms with Crippen LogP contribution < -0.4 is 5.32 Å². The smallest absolute Gasteiger partial charge is 0.396 e. The molecular formula is C10H15N3O3. The van der Waals surface area contributed by atoms with Crippen molar-refractivity contribution in [1.29, 1.82) is 0 Å². The van der Waals surface area contributed by atoms with Gasteiger partial charge in [-0.3, -0.25) is 9.48 Å². The van der Waals surface area contributed by atoms with Crippen molar-refractivity contribution in [3.05, 3.63) is 18.0 Å². The minimum absolute atomic E-state index is 0.202. The van der Waals surface area contributed by atoms with E-state index in [1.807, 2.05) is 13.1 Å². The fourth-order valence-corrected chi connectivity index (χ4v) is 1.22. The summed E-state index contributed by atoms with van der Waals surface area (Å²) in [7, 11) is 1.82. The van der Waals surface area contributed by atoms with Crippen LogP contribution in [0.25, 0.3) is 0 Å². The van der Waals surface area contributed by atoms with Gasteiger partial charge in [0, 0.05) is 31.9 Å². The average Bonchev–Trinajstić information content (AvgIpc) is 2.65. The first-order valence-electron chi connectivity index (χ1n) is 5.07. The molecule has 88 valence electrons. The Morgan fingerprint density at radius 1 is 1.56 bits per heavy atom. The van der Waals surface area contributed by atoms with Crippen LogP contribution in [0.4, 0.5) is 0 Å². The third-order valence-corrected chi connectivity index (χ3v) is 2.05. The number of nitrogens with one attached hydrogen (secondary N) is 1. The second-order valence-corrected chi connectivity index (χ2v) is 3.17. The number of aromatic nitrogens is 2. The van der Waals surface area contributed by atoms with E-state index >= 15 is 0 Å². The molecule has 0 bridgehead atoms. The van der Waals surface area contributed by atoms with Crippen molar-refractivity contribution in [3.63, 3.8) is 0 Å². The summed E-state index contributed by atoms with van der Waals surface area (Å²) < 4.78 is 6.27. The molecular weight excluding hydrogens is 210 g/mol. The van der Waals surface area contributed by atoms with E-state index < -0.39 is 11.9 Å². The topological polar surface area (TPSA) is 73.2 Å². The predicted molar refractivity (Wildman–Crippen MR) is 56.6 cm³/mol. The molecule has 1 aromatic rings. The Hall–Kier alpha value is -1.85. The maximum absolute atomic E-state index is 11.1. The minimum Gasteiger partial charge on any atom is -0.459 e. The van der Waals surface area contributed by atoms with Gasteiger partial charge in [0.25, 0.3) is 0 Å². The Morgan fingerprint density at radius 3 is 2.88 bits per heavy atom. The molecule has 0 spiro atoms. The van der Waals surface area contributed by atoms with Crippen LogP contribution in [0.1, 0.15) is 12.6 Å². The highest BCUT2D eigenvalue weighted by atomic mass is 16.5. The maximum atomic E-state index is 11.1. The number of nitrogens with zero attached hydrogens (tertiary/aromatic N) is 2. The fourth-order valence-electron chi connectivity index (χ4n) is 1.22. The SMILES string of the molecule is CCOC(=O)C(=O)NCCc1ccnn1C. The van der Waals surface area contributed by atoms with Crippen LogP contribution in [-0.2, 0) is 27.8 Å². The number of aryl methyl sites for hydroxylation is 1. The predicted octanol–water partition coefficient (Wildman–Crippen LogP) is -0.358. The van der Waals surface area contributed by atoms with Crippen LogP contribution in [-0.4, -0.2) is 34.8 Å². The molecule has 0 fully saturated rings. The highest BCUT2D eigenvalue weighted by molar-refractivity contribution is 6.32. The van der Waals surface area contributed by atoms with E-state index in [1.54, 1.807) is 17.8 Å². The van der Waals surface area contributed by atoms with Gasteiger partial charge in [-0.15, -0.1) is 0 Å². The van der Waals surface area contributed by atoms with Gasteiger partial charge in [-0.05, 0) is 13.0 Å². The van der Waals surface area contributed by atoms with Gasteiger partial charge in [-0.1, -0.05) is 0 Å². The largest absolute Gasteiger partial charge is 0.459 e. The third kappa shape index (κ3) is 3.38. The lowest BCUT2D eigenvalue weighted by atomic mass is 10.3. The van der Waals surface area contributed by atoms with Crippen LogP contribution in [0, 0.1) is 0 Å². The molecule has 1 aromatic heterocycles. The average molecular weight is 225 g/mol. The van der Waals surface area contributed by atoms with E-state index in [2.05, 4.69) is 15.2 Å². The Kier molecular flexibility index (Phi) is 4.50. The number of esters is 1. The van der Waals surface area contributed by atoms with Gasteiger partial charge in [-0.2, -0.15) is 5.10 Å². The van der Waals surface area contributed by atoms with Gasteiger partial charge in [0.2, 0.25) is 0 Å². The van der Waals surface area contributed by atoms with Crippen molar-refractivity contribution in [1.82, 2.24) is 15.1 Å². The molecule has 0 saturated carbocycles. The first-order valence-corrected chi connectivity index (χ1v) is 5.07. The summed E-state index contributed by atoms with van der Waals surface area (Å²) >= 11 is 0. The van der Waals surface area contributed by atoms with Gasteiger partial charge in [0.1, 0.15) is 0 Å². The van der Waals surface area contributed by atoms with E-state index in [1.165, 1.54) is 0 Å². The van der Waals surface area contributed by atoms with Crippen molar-refractivity contribution in [2.24, 2.45) is 7.05 Å².